The van der Waals surface area contributed by atoms with Gasteiger partial charge in [-0.25, -0.2) is 0 Å². The van der Waals surface area contributed by atoms with Gasteiger partial charge in [-0.15, -0.1) is 0 Å². The highest BCUT2D eigenvalue weighted by atomic mass is 16.1. The molecule has 0 aliphatic rings. The summed E-state index contributed by atoms with van der Waals surface area (Å²) in [7, 11) is 0. The van der Waals surface area contributed by atoms with Crippen LogP contribution >= 0.6 is 0 Å². The third-order valence-electron chi connectivity index (χ3n) is 1.88. The molecular formula is C11H18N2O. The van der Waals surface area contributed by atoms with E-state index < -0.39 is 0 Å². The molecule has 0 saturated carbocycles. The van der Waals surface area contributed by atoms with Crippen LogP contribution in [0.15, 0.2) is 11.6 Å². The van der Waals surface area contributed by atoms with Crippen LogP contribution in [-0.4, -0.2) is 12.5 Å². The van der Waals surface area contributed by atoms with Crippen LogP contribution < -0.4 is 5.32 Å². The fourth-order valence-corrected chi connectivity index (χ4v) is 1.01. The molecule has 0 saturated heterocycles. The number of nitrogens with zero attached hydrogens (tertiary/aromatic N) is 1. The molecule has 0 aromatic heterocycles. The van der Waals surface area contributed by atoms with Crippen molar-refractivity contribution in [3.63, 3.8) is 0 Å². The quantitative estimate of drug-likeness (QED) is 0.537. The summed E-state index contributed by atoms with van der Waals surface area (Å²) in [4.78, 5) is 11.4. The standard InChI is InChI=1S/C11H18N2O/c1-4-5-6-13-11(14)10(3)7-9(2)8-12/h7,9H,4-6H2,1-3H3,(H,13,14)/b10-7+. The molecule has 0 spiro atoms. The largest absolute Gasteiger partial charge is 0.352 e. The minimum absolute atomic E-state index is 0.0689. The number of allylic oxidation sites excluding steroid dienone is 1. The second kappa shape index (κ2) is 7.14. The highest BCUT2D eigenvalue weighted by molar-refractivity contribution is 5.92. The normalized spacial score (nSPS) is 13.1. The molecule has 0 radical (unpaired) electrons. The molecular weight excluding hydrogens is 176 g/mol. The number of hydrogen-bond acceptors (Lipinski definition) is 2. The minimum Gasteiger partial charge on any atom is -0.352 e. The Hall–Kier alpha value is -1.30. The first-order valence-corrected chi connectivity index (χ1v) is 4.98. The summed E-state index contributed by atoms with van der Waals surface area (Å²) in [6.07, 6.45) is 3.74. The van der Waals surface area contributed by atoms with Gasteiger partial charge in [0.25, 0.3) is 0 Å². The van der Waals surface area contributed by atoms with Crippen molar-refractivity contribution in [1.29, 1.82) is 5.26 Å². The monoisotopic (exact) mass is 194 g/mol. The number of nitriles is 1. The molecule has 1 atom stereocenters. The summed E-state index contributed by atoms with van der Waals surface area (Å²) < 4.78 is 0. The Morgan fingerprint density at radius 2 is 2.29 bits per heavy atom. The second-order valence-corrected chi connectivity index (χ2v) is 3.38. The van der Waals surface area contributed by atoms with E-state index in [2.05, 4.69) is 18.3 Å². The predicted octanol–water partition coefficient (Wildman–Crippen LogP) is 2.01. The number of nitrogens with one attached hydrogen (secondary N) is 1. The molecule has 0 aliphatic carbocycles. The molecule has 0 heterocycles. The van der Waals surface area contributed by atoms with Gasteiger partial charge >= 0.3 is 0 Å². The fraction of sp³-hybridized carbons (Fsp3) is 0.636. The number of rotatable bonds is 5. The minimum atomic E-state index is -0.202. The number of carbonyl (C=O) groups excluding carboxylic acids is 1. The van der Waals surface area contributed by atoms with Gasteiger partial charge in [-0.05, 0) is 20.3 Å². The van der Waals surface area contributed by atoms with Crippen LogP contribution in [0.4, 0.5) is 0 Å². The summed E-state index contributed by atoms with van der Waals surface area (Å²) in [5.74, 6) is -0.271. The van der Waals surface area contributed by atoms with E-state index in [1.165, 1.54) is 0 Å². The van der Waals surface area contributed by atoms with E-state index in [4.69, 9.17) is 5.26 Å². The average molecular weight is 194 g/mol. The Balaban J connectivity index is 4.00. The van der Waals surface area contributed by atoms with Crippen molar-refractivity contribution in [2.24, 2.45) is 5.92 Å². The van der Waals surface area contributed by atoms with Crippen molar-refractivity contribution >= 4 is 5.91 Å². The Kier molecular flexibility index (Phi) is 6.47. The van der Waals surface area contributed by atoms with Crippen LogP contribution in [0.2, 0.25) is 0 Å². The van der Waals surface area contributed by atoms with Crippen LogP contribution in [0.1, 0.15) is 33.6 Å². The molecule has 3 heteroatoms. The summed E-state index contributed by atoms with van der Waals surface area (Å²) in [6.45, 7) is 6.28. The first-order chi connectivity index (χ1) is 6.61. The van der Waals surface area contributed by atoms with E-state index in [1.807, 2.05) is 0 Å². The lowest BCUT2D eigenvalue weighted by Gasteiger charge is -2.04. The third kappa shape index (κ3) is 5.36. The molecule has 0 rings (SSSR count). The van der Waals surface area contributed by atoms with Crippen molar-refractivity contribution in [1.82, 2.24) is 5.32 Å². The number of hydrogen-bond donors (Lipinski definition) is 1. The van der Waals surface area contributed by atoms with E-state index in [-0.39, 0.29) is 11.8 Å². The van der Waals surface area contributed by atoms with Crippen LogP contribution in [0, 0.1) is 17.2 Å². The first kappa shape index (κ1) is 12.7. The SMILES string of the molecule is CCCCNC(=O)/C(C)=C/C(C)C#N. The van der Waals surface area contributed by atoms with Crippen molar-refractivity contribution in [3.8, 4) is 6.07 Å². The Bertz CT molecular complexity index is 251. The maximum Gasteiger partial charge on any atom is 0.246 e. The Morgan fingerprint density at radius 3 is 2.79 bits per heavy atom. The molecule has 1 N–H and O–H groups in total. The molecule has 0 fully saturated rings. The number of unbranched alkanes of at least 4 members (excludes halogenated alkanes) is 1. The molecule has 0 aromatic carbocycles. The van der Waals surface area contributed by atoms with E-state index in [1.54, 1.807) is 19.9 Å². The highest BCUT2D eigenvalue weighted by Crippen LogP contribution is 2.01. The first-order valence-electron chi connectivity index (χ1n) is 4.98. The third-order valence-corrected chi connectivity index (χ3v) is 1.88. The number of amides is 1. The average Bonchev–Trinajstić information content (AvgIpc) is 2.17. The molecule has 3 nitrogen and oxygen atoms in total. The second-order valence-electron chi connectivity index (χ2n) is 3.38. The molecule has 1 unspecified atom stereocenters. The van der Waals surface area contributed by atoms with Crippen LogP contribution in [-0.2, 0) is 4.79 Å². The smallest absolute Gasteiger partial charge is 0.246 e. The lowest BCUT2D eigenvalue weighted by Crippen LogP contribution is -2.25. The fourth-order valence-electron chi connectivity index (χ4n) is 1.01. The maximum absolute atomic E-state index is 11.4. The van der Waals surface area contributed by atoms with Gasteiger partial charge in [0.15, 0.2) is 0 Å². The van der Waals surface area contributed by atoms with Crippen LogP contribution in [0.3, 0.4) is 0 Å². The predicted molar refractivity (Wildman–Crippen MR) is 56.5 cm³/mol. The molecule has 0 bridgehead atoms. The van der Waals surface area contributed by atoms with Gasteiger partial charge in [-0.2, -0.15) is 5.26 Å². The summed E-state index contributed by atoms with van der Waals surface area (Å²) in [6, 6.07) is 2.06. The van der Waals surface area contributed by atoms with E-state index in [0.717, 1.165) is 12.8 Å². The topological polar surface area (TPSA) is 52.9 Å². The molecule has 1 amide bonds. The van der Waals surface area contributed by atoms with Crippen LogP contribution in [0.5, 0.6) is 0 Å². The van der Waals surface area contributed by atoms with Gasteiger partial charge < -0.3 is 5.32 Å². The summed E-state index contributed by atoms with van der Waals surface area (Å²) in [5.41, 5.74) is 0.621. The van der Waals surface area contributed by atoms with Gasteiger partial charge in [0.2, 0.25) is 5.91 Å². The van der Waals surface area contributed by atoms with Gasteiger partial charge in [-0.3, -0.25) is 4.79 Å². The van der Waals surface area contributed by atoms with Crippen molar-refractivity contribution in [2.45, 2.75) is 33.6 Å². The molecule has 14 heavy (non-hydrogen) atoms. The molecule has 78 valence electrons. The lowest BCUT2D eigenvalue weighted by molar-refractivity contribution is -0.117. The van der Waals surface area contributed by atoms with E-state index in [9.17, 15) is 4.79 Å². The lowest BCUT2D eigenvalue weighted by atomic mass is 10.1. The molecule has 0 aromatic rings. The Labute approximate surface area is 85.8 Å². The zero-order valence-corrected chi connectivity index (χ0v) is 9.13. The van der Waals surface area contributed by atoms with Gasteiger partial charge in [-0.1, -0.05) is 19.4 Å². The molecule has 0 aliphatic heterocycles. The van der Waals surface area contributed by atoms with Crippen molar-refractivity contribution < 1.29 is 4.79 Å². The number of carbonyl (C=O) groups is 1. The van der Waals surface area contributed by atoms with Crippen molar-refractivity contribution in [3.05, 3.63) is 11.6 Å². The van der Waals surface area contributed by atoms with E-state index in [0.29, 0.717) is 12.1 Å². The zero-order chi connectivity index (χ0) is 11.0. The van der Waals surface area contributed by atoms with Gasteiger partial charge in [0.05, 0.1) is 12.0 Å². The maximum atomic E-state index is 11.4. The van der Waals surface area contributed by atoms with Crippen LogP contribution in [0.25, 0.3) is 0 Å². The zero-order valence-electron chi connectivity index (χ0n) is 9.13. The summed E-state index contributed by atoms with van der Waals surface area (Å²) in [5, 5.41) is 11.3. The highest BCUT2D eigenvalue weighted by Gasteiger charge is 2.04. The van der Waals surface area contributed by atoms with Crippen molar-refractivity contribution in [2.75, 3.05) is 6.54 Å². The summed E-state index contributed by atoms with van der Waals surface area (Å²) >= 11 is 0. The van der Waals surface area contributed by atoms with Gasteiger partial charge in [0.1, 0.15) is 0 Å². The Morgan fingerprint density at radius 1 is 1.64 bits per heavy atom. The van der Waals surface area contributed by atoms with E-state index >= 15 is 0 Å². The van der Waals surface area contributed by atoms with Gasteiger partial charge in [0, 0.05) is 12.1 Å².